The Bertz CT molecular complexity index is 516. The van der Waals surface area contributed by atoms with Gasteiger partial charge in [-0.15, -0.1) is 0 Å². The molecule has 1 aliphatic rings. The first-order valence-corrected chi connectivity index (χ1v) is 8.29. The standard InChI is InChI=1S/C17H28N4O3/c1-23-13-10-20(11-14-24-2)16-6-4-3-5-15(16)19-17-18-7-8-21(17)9-12-22/h3-6,22H,7-14H2,1-2H3,(H,18,19). The van der Waals surface area contributed by atoms with Crippen LogP contribution < -0.4 is 10.2 Å². The maximum absolute atomic E-state index is 9.19. The van der Waals surface area contributed by atoms with E-state index in [4.69, 9.17) is 9.47 Å². The summed E-state index contributed by atoms with van der Waals surface area (Å²) < 4.78 is 10.5. The van der Waals surface area contributed by atoms with Crippen LogP contribution in [0.1, 0.15) is 0 Å². The summed E-state index contributed by atoms with van der Waals surface area (Å²) in [5.74, 6) is 0.815. The van der Waals surface area contributed by atoms with E-state index in [0.29, 0.717) is 19.8 Å². The number of para-hydroxylation sites is 2. The third-order valence-corrected chi connectivity index (χ3v) is 3.92. The van der Waals surface area contributed by atoms with Gasteiger partial charge in [-0.2, -0.15) is 0 Å². The summed E-state index contributed by atoms with van der Waals surface area (Å²) in [6.45, 7) is 5.16. The first-order chi connectivity index (χ1) is 11.8. The van der Waals surface area contributed by atoms with Gasteiger partial charge < -0.3 is 29.7 Å². The Morgan fingerprint density at radius 3 is 2.58 bits per heavy atom. The highest BCUT2D eigenvalue weighted by Gasteiger charge is 2.18. The fourth-order valence-electron chi connectivity index (χ4n) is 2.67. The number of ether oxygens (including phenoxy) is 2. The largest absolute Gasteiger partial charge is 0.395 e. The van der Waals surface area contributed by atoms with Crippen LogP contribution in [0.15, 0.2) is 29.3 Å². The molecular weight excluding hydrogens is 308 g/mol. The van der Waals surface area contributed by atoms with Gasteiger partial charge in [-0.05, 0) is 12.1 Å². The molecule has 2 N–H and O–H groups in total. The molecule has 1 heterocycles. The maximum Gasteiger partial charge on any atom is 0.198 e. The van der Waals surface area contributed by atoms with Crippen molar-refractivity contribution in [2.45, 2.75) is 0 Å². The lowest BCUT2D eigenvalue weighted by Crippen LogP contribution is -2.36. The number of hydrogen-bond donors (Lipinski definition) is 2. The number of aliphatic hydroxyl groups excluding tert-OH is 1. The highest BCUT2D eigenvalue weighted by atomic mass is 16.5. The van der Waals surface area contributed by atoms with Crippen LogP contribution in [0.4, 0.5) is 11.4 Å². The highest BCUT2D eigenvalue weighted by Crippen LogP contribution is 2.26. The van der Waals surface area contributed by atoms with E-state index in [-0.39, 0.29) is 6.61 Å². The van der Waals surface area contributed by atoms with E-state index >= 15 is 0 Å². The molecule has 0 aromatic heterocycles. The molecule has 0 radical (unpaired) electrons. The van der Waals surface area contributed by atoms with E-state index in [2.05, 4.69) is 26.2 Å². The number of methoxy groups -OCH3 is 2. The number of rotatable bonds is 10. The average molecular weight is 336 g/mol. The van der Waals surface area contributed by atoms with Gasteiger partial charge in [-0.3, -0.25) is 4.99 Å². The fraction of sp³-hybridized carbons (Fsp3) is 0.588. The summed E-state index contributed by atoms with van der Waals surface area (Å²) in [7, 11) is 3.41. The summed E-state index contributed by atoms with van der Waals surface area (Å²) in [5.41, 5.74) is 2.08. The molecule has 134 valence electrons. The summed E-state index contributed by atoms with van der Waals surface area (Å²) in [4.78, 5) is 8.81. The van der Waals surface area contributed by atoms with Crippen LogP contribution in [0.25, 0.3) is 0 Å². The zero-order chi connectivity index (χ0) is 17.2. The topological polar surface area (TPSA) is 69.6 Å². The Morgan fingerprint density at radius 2 is 1.92 bits per heavy atom. The second-order valence-electron chi connectivity index (χ2n) is 5.53. The summed E-state index contributed by atoms with van der Waals surface area (Å²) >= 11 is 0. The molecule has 0 amide bonds. The zero-order valence-electron chi connectivity index (χ0n) is 14.6. The first-order valence-electron chi connectivity index (χ1n) is 8.29. The minimum atomic E-state index is 0.121. The normalized spacial score (nSPS) is 14.0. The van der Waals surface area contributed by atoms with Crippen LogP contribution >= 0.6 is 0 Å². The van der Waals surface area contributed by atoms with E-state index in [9.17, 15) is 5.11 Å². The van der Waals surface area contributed by atoms with Gasteiger partial charge in [-0.1, -0.05) is 12.1 Å². The highest BCUT2D eigenvalue weighted by molar-refractivity contribution is 5.97. The minimum Gasteiger partial charge on any atom is -0.395 e. The number of β-amino-alcohol motifs (C(OH)–C–C–N with tert-alkyl or cyclic N) is 1. The molecular formula is C17H28N4O3. The number of benzene rings is 1. The van der Waals surface area contributed by atoms with Gasteiger partial charge in [0.15, 0.2) is 5.96 Å². The maximum atomic E-state index is 9.19. The summed E-state index contributed by atoms with van der Waals surface area (Å²) in [6.07, 6.45) is 0. The van der Waals surface area contributed by atoms with Gasteiger partial charge in [0, 0.05) is 40.4 Å². The predicted molar refractivity (Wildman–Crippen MR) is 97.0 cm³/mol. The molecule has 0 fully saturated rings. The number of guanidine groups is 1. The molecule has 0 spiro atoms. The Morgan fingerprint density at radius 1 is 1.21 bits per heavy atom. The number of nitrogens with one attached hydrogen (secondary N) is 1. The van der Waals surface area contributed by atoms with Gasteiger partial charge in [0.2, 0.25) is 0 Å². The molecule has 0 bridgehead atoms. The first kappa shape index (κ1) is 18.5. The van der Waals surface area contributed by atoms with Crippen molar-refractivity contribution in [3.8, 4) is 0 Å². The van der Waals surface area contributed by atoms with Crippen LogP contribution in [-0.4, -0.2) is 82.7 Å². The average Bonchev–Trinajstić information content (AvgIpc) is 3.03. The van der Waals surface area contributed by atoms with E-state index in [1.54, 1.807) is 14.2 Å². The van der Waals surface area contributed by atoms with E-state index in [1.807, 2.05) is 18.2 Å². The molecule has 24 heavy (non-hydrogen) atoms. The Labute approximate surface area is 143 Å². The lowest BCUT2D eigenvalue weighted by molar-refractivity contribution is 0.190. The van der Waals surface area contributed by atoms with E-state index < -0.39 is 0 Å². The van der Waals surface area contributed by atoms with Crippen molar-refractivity contribution in [1.29, 1.82) is 0 Å². The quantitative estimate of drug-likeness (QED) is 0.660. The molecule has 0 aliphatic carbocycles. The second-order valence-corrected chi connectivity index (χ2v) is 5.53. The van der Waals surface area contributed by atoms with Crippen molar-refractivity contribution in [3.63, 3.8) is 0 Å². The lowest BCUT2D eigenvalue weighted by Gasteiger charge is -2.28. The van der Waals surface area contributed by atoms with Crippen LogP contribution in [0, 0.1) is 0 Å². The van der Waals surface area contributed by atoms with Crippen LogP contribution in [0.5, 0.6) is 0 Å². The number of anilines is 2. The zero-order valence-corrected chi connectivity index (χ0v) is 14.6. The summed E-state index contributed by atoms with van der Waals surface area (Å²) in [6, 6.07) is 8.15. The summed E-state index contributed by atoms with van der Waals surface area (Å²) in [5, 5.41) is 12.6. The number of nitrogens with zero attached hydrogens (tertiary/aromatic N) is 3. The Kier molecular flexibility index (Phi) is 7.81. The van der Waals surface area contributed by atoms with Crippen molar-refractivity contribution in [2.75, 3.05) is 77.0 Å². The number of hydrogen-bond acceptors (Lipinski definition) is 7. The van der Waals surface area contributed by atoms with Crippen molar-refractivity contribution in [2.24, 2.45) is 4.99 Å². The molecule has 1 aromatic carbocycles. The Hall–Kier alpha value is -1.83. The number of aliphatic hydroxyl groups is 1. The third-order valence-electron chi connectivity index (χ3n) is 3.92. The van der Waals surface area contributed by atoms with Crippen LogP contribution in [0.3, 0.4) is 0 Å². The van der Waals surface area contributed by atoms with Gasteiger partial charge in [0.05, 0.1) is 37.7 Å². The molecule has 7 heteroatoms. The molecule has 1 aromatic rings. The molecule has 1 aliphatic heterocycles. The third kappa shape index (κ3) is 5.09. The minimum absolute atomic E-state index is 0.121. The molecule has 0 saturated carbocycles. The lowest BCUT2D eigenvalue weighted by atomic mass is 10.2. The van der Waals surface area contributed by atoms with E-state index in [1.165, 1.54) is 0 Å². The molecule has 7 nitrogen and oxygen atoms in total. The van der Waals surface area contributed by atoms with Crippen molar-refractivity contribution in [1.82, 2.24) is 4.90 Å². The van der Waals surface area contributed by atoms with E-state index in [0.717, 1.165) is 43.5 Å². The molecule has 0 atom stereocenters. The predicted octanol–water partition coefficient (Wildman–Crippen LogP) is 0.862. The molecule has 2 rings (SSSR count). The second kappa shape index (κ2) is 10.1. The van der Waals surface area contributed by atoms with Crippen molar-refractivity contribution in [3.05, 3.63) is 24.3 Å². The monoisotopic (exact) mass is 336 g/mol. The smallest absolute Gasteiger partial charge is 0.198 e. The van der Waals surface area contributed by atoms with Gasteiger partial charge in [0.1, 0.15) is 0 Å². The van der Waals surface area contributed by atoms with Crippen LogP contribution in [-0.2, 0) is 9.47 Å². The fourth-order valence-corrected chi connectivity index (χ4v) is 2.67. The Balaban J connectivity index is 2.15. The van der Waals surface area contributed by atoms with Gasteiger partial charge in [0.25, 0.3) is 0 Å². The molecule has 0 saturated heterocycles. The van der Waals surface area contributed by atoms with Gasteiger partial charge in [-0.25, -0.2) is 0 Å². The van der Waals surface area contributed by atoms with Crippen LogP contribution in [0.2, 0.25) is 0 Å². The number of aliphatic imine (C=N–C) groups is 1. The van der Waals surface area contributed by atoms with Gasteiger partial charge >= 0.3 is 0 Å². The SMILES string of the molecule is COCCN(CCOC)c1ccccc1NC1=NCCN1CCO. The van der Waals surface area contributed by atoms with Crippen molar-refractivity contribution < 1.29 is 14.6 Å². The molecule has 0 unspecified atom stereocenters. The van der Waals surface area contributed by atoms with Crippen molar-refractivity contribution >= 4 is 17.3 Å².